The lowest BCUT2D eigenvalue weighted by molar-refractivity contribution is 0.0951. The zero-order chi connectivity index (χ0) is 12.8. The number of carbonyl (C=O) groups is 1. The highest BCUT2D eigenvalue weighted by Gasteiger charge is 2.06. The van der Waals surface area contributed by atoms with Crippen molar-refractivity contribution < 1.29 is 9.53 Å². The summed E-state index contributed by atoms with van der Waals surface area (Å²) in [6.45, 7) is 1.09. The lowest BCUT2D eigenvalue weighted by Crippen LogP contribution is -2.22. The quantitative estimate of drug-likeness (QED) is 0.898. The molecule has 0 aliphatic carbocycles. The van der Waals surface area contributed by atoms with Crippen molar-refractivity contribution in [2.24, 2.45) is 0 Å². The third kappa shape index (κ3) is 3.42. The standard InChI is InChI=1S/C14H15NO2S/c1-17-10-11-4-2-5-12(8-11)14(16)15-9-13-6-3-7-18-13/h2-8H,9-10H2,1H3,(H,15,16). The zero-order valence-corrected chi connectivity index (χ0v) is 11.0. The third-order valence-corrected chi connectivity index (χ3v) is 3.38. The fourth-order valence-corrected chi connectivity index (χ4v) is 2.30. The Hall–Kier alpha value is -1.65. The van der Waals surface area contributed by atoms with Crippen molar-refractivity contribution in [2.45, 2.75) is 13.2 Å². The number of thiophene rings is 1. The Labute approximate surface area is 110 Å². The fourth-order valence-electron chi connectivity index (χ4n) is 1.65. The normalized spacial score (nSPS) is 10.3. The van der Waals surface area contributed by atoms with Crippen LogP contribution in [0.3, 0.4) is 0 Å². The molecular weight excluding hydrogens is 246 g/mol. The summed E-state index contributed by atoms with van der Waals surface area (Å²) in [5.41, 5.74) is 1.67. The van der Waals surface area contributed by atoms with E-state index in [0.717, 1.165) is 10.4 Å². The molecule has 0 aliphatic rings. The van der Waals surface area contributed by atoms with E-state index in [2.05, 4.69) is 5.32 Å². The van der Waals surface area contributed by atoms with Gasteiger partial charge in [-0.15, -0.1) is 11.3 Å². The second kappa shape index (κ2) is 6.33. The van der Waals surface area contributed by atoms with Crippen molar-refractivity contribution in [3.63, 3.8) is 0 Å². The van der Waals surface area contributed by atoms with E-state index in [1.807, 2.05) is 41.8 Å². The summed E-state index contributed by atoms with van der Waals surface area (Å²) in [5, 5.41) is 4.90. The van der Waals surface area contributed by atoms with Gasteiger partial charge in [-0.05, 0) is 29.1 Å². The molecule has 94 valence electrons. The molecule has 4 heteroatoms. The second-order valence-corrected chi connectivity index (χ2v) is 4.93. The maximum absolute atomic E-state index is 11.9. The maximum Gasteiger partial charge on any atom is 0.251 e. The summed E-state index contributed by atoms with van der Waals surface area (Å²) in [5.74, 6) is -0.0543. The van der Waals surface area contributed by atoms with E-state index in [1.54, 1.807) is 18.4 Å². The van der Waals surface area contributed by atoms with E-state index in [9.17, 15) is 4.79 Å². The van der Waals surface area contributed by atoms with Crippen LogP contribution >= 0.6 is 11.3 Å². The largest absolute Gasteiger partial charge is 0.380 e. The lowest BCUT2D eigenvalue weighted by atomic mass is 10.1. The van der Waals surface area contributed by atoms with Crippen molar-refractivity contribution in [3.05, 3.63) is 57.8 Å². The Balaban J connectivity index is 1.97. The van der Waals surface area contributed by atoms with Gasteiger partial charge in [-0.2, -0.15) is 0 Å². The molecule has 0 aliphatic heterocycles. The Morgan fingerprint density at radius 3 is 2.94 bits per heavy atom. The zero-order valence-electron chi connectivity index (χ0n) is 10.2. The second-order valence-electron chi connectivity index (χ2n) is 3.90. The highest BCUT2D eigenvalue weighted by atomic mass is 32.1. The van der Waals surface area contributed by atoms with E-state index in [4.69, 9.17) is 4.74 Å². The first-order chi connectivity index (χ1) is 8.79. The van der Waals surface area contributed by atoms with Crippen LogP contribution in [0.5, 0.6) is 0 Å². The number of rotatable bonds is 5. The monoisotopic (exact) mass is 261 g/mol. The van der Waals surface area contributed by atoms with Crippen LogP contribution in [-0.4, -0.2) is 13.0 Å². The number of hydrogen-bond donors (Lipinski definition) is 1. The van der Waals surface area contributed by atoms with Gasteiger partial charge >= 0.3 is 0 Å². The van der Waals surface area contributed by atoms with Crippen LogP contribution < -0.4 is 5.32 Å². The van der Waals surface area contributed by atoms with Crippen LogP contribution in [0.2, 0.25) is 0 Å². The molecule has 1 amide bonds. The van der Waals surface area contributed by atoms with Gasteiger partial charge in [0.25, 0.3) is 5.91 Å². The van der Waals surface area contributed by atoms with E-state index < -0.39 is 0 Å². The molecule has 0 radical (unpaired) electrons. The van der Waals surface area contributed by atoms with Crippen LogP contribution in [0.25, 0.3) is 0 Å². The van der Waals surface area contributed by atoms with Gasteiger partial charge in [0, 0.05) is 17.6 Å². The molecule has 18 heavy (non-hydrogen) atoms. The van der Waals surface area contributed by atoms with Gasteiger partial charge in [0.2, 0.25) is 0 Å². The van der Waals surface area contributed by atoms with Crippen molar-refractivity contribution in [2.75, 3.05) is 7.11 Å². The van der Waals surface area contributed by atoms with Gasteiger partial charge in [-0.3, -0.25) is 4.79 Å². The predicted molar refractivity (Wildman–Crippen MR) is 72.6 cm³/mol. The molecule has 3 nitrogen and oxygen atoms in total. The molecule has 2 aromatic rings. The molecule has 1 heterocycles. The molecule has 0 atom stereocenters. The molecule has 1 aromatic carbocycles. The first-order valence-corrected chi connectivity index (χ1v) is 6.56. The van der Waals surface area contributed by atoms with Gasteiger partial charge in [0.05, 0.1) is 13.2 Å². The summed E-state index contributed by atoms with van der Waals surface area (Å²) in [4.78, 5) is 13.1. The average Bonchev–Trinajstić information content (AvgIpc) is 2.90. The van der Waals surface area contributed by atoms with Crippen LogP contribution in [0.4, 0.5) is 0 Å². The summed E-state index contributed by atoms with van der Waals surface area (Å²) in [6, 6.07) is 11.5. The number of hydrogen-bond acceptors (Lipinski definition) is 3. The molecule has 2 rings (SSSR count). The third-order valence-electron chi connectivity index (χ3n) is 2.50. The number of carbonyl (C=O) groups excluding carboxylic acids is 1. The minimum Gasteiger partial charge on any atom is -0.380 e. The van der Waals surface area contributed by atoms with Gasteiger partial charge in [0.1, 0.15) is 0 Å². The average molecular weight is 261 g/mol. The Kier molecular flexibility index (Phi) is 4.50. The van der Waals surface area contributed by atoms with E-state index >= 15 is 0 Å². The Morgan fingerprint density at radius 1 is 1.33 bits per heavy atom. The van der Waals surface area contributed by atoms with E-state index in [-0.39, 0.29) is 5.91 Å². The van der Waals surface area contributed by atoms with Crippen LogP contribution in [0, 0.1) is 0 Å². The molecule has 0 unspecified atom stereocenters. The van der Waals surface area contributed by atoms with Gasteiger partial charge < -0.3 is 10.1 Å². The highest BCUT2D eigenvalue weighted by molar-refractivity contribution is 7.09. The Bertz CT molecular complexity index is 508. The molecule has 0 spiro atoms. The summed E-state index contributed by atoms with van der Waals surface area (Å²) >= 11 is 1.64. The smallest absolute Gasteiger partial charge is 0.251 e. The van der Waals surface area contributed by atoms with E-state index in [0.29, 0.717) is 18.7 Å². The maximum atomic E-state index is 11.9. The van der Waals surface area contributed by atoms with Crippen molar-refractivity contribution in [1.29, 1.82) is 0 Å². The summed E-state index contributed by atoms with van der Waals surface area (Å²) < 4.78 is 5.05. The van der Waals surface area contributed by atoms with Crippen molar-refractivity contribution in [3.8, 4) is 0 Å². The predicted octanol–water partition coefficient (Wildman–Crippen LogP) is 2.82. The highest BCUT2D eigenvalue weighted by Crippen LogP contribution is 2.09. The first kappa shape index (κ1) is 12.8. The number of benzene rings is 1. The minimum atomic E-state index is -0.0543. The SMILES string of the molecule is COCc1cccc(C(=O)NCc2cccs2)c1. The van der Waals surface area contributed by atoms with Gasteiger partial charge in [-0.25, -0.2) is 0 Å². The van der Waals surface area contributed by atoms with E-state index in [1.165, 1.54) is 0 Å². The number of methoxy groups -OCH3 is 1. The molecule has 1 aromatic heterocycles. The molecule has 0 saturated heterocycles. The van der Waals surface area contributed by atoms with Crippen LogP contribution in [-0.2, 0) is 17.9 Å². The summed E-state index contributed by atoms with van der Waals surface area (Å²) in [7, 11) is 1.64. The number of nitrogens with one attached hydrogen (secondary N) is 1. The first-order valence-electron chi connectivity index (χ1n) is 5.68. The fraction of sp³-hybridized carbons (Fsp3) is 0.214. The lowest BCUT2D eigenvalue weighted by Gasteiger charge is -2.05. The molecule has 0 fully saturated rings. The minimum absolute atomic E-state index is 0.0543. The molecule has 0 bridgehead atoms. The molecular formula is C14H15NO2S. The number of ether oxygens (including phenoxy) is 1. The number of amides is 1. The van der Waals surface area contributed by atoms with Crippen molar-refractivity contribution >= 4 is 17.2 Å². The van der Waals surface area contributed by atoms with Gasteiger partial charge in [-0.1, -0.05) is 18.2 Å². The Morgan fingerprint density at radius 2 is 2.22 bits per heavy atom. The topological polar surface area (TPSA) is 38.3 Å². The van der Waals surface area contributed by atoms with Gasteiger partial charge in [0.15, 0.2) is 0 Å². The summed E-state index contributed by atoms with van der Waals surface area (Å²) in [6.07, 6.45) is 0. The van der Waals surface area contributed by atoms with Crippen LogP contribution in [0.15, 0.2) is 41.8 Å². The molecule has 1 N–H and O–H groups in total. The van der Waals surface area contributed by atoms with Crippen LogP contribution in [0.1, 0.15) is 20.8 Å². The molecule has 0 saturated carbocycles. The van der Waals surface area contributed by atoms with Crippen molar-refractivity contribution in [1.82, 2.24) is 5.32 Å².